The summed E-state index contributed by atoms with van der Waals surface area (Å²) in [6, 6.07) is 0. The SMILES string of the molecule is COCC1(COC)Cc2c(C)oc(=O)c(C)c2C1. The minimum Gasteiger partial charge on any atom is -0.428 e. The molecule has 0 amide bonds. The summed E-state index contributed by atoms with van der Waals surface area (Å²) in [7, 11) is 3.40. The van der Waals surface area contributed by atoms with Crippen molar-refractivity contribution in [3.63, 3.8) is 0 Å². The number of methoxy groups -OCH3 is 2. The Bertz CT molecular complexity index is 495. The van der Waals surface area contributed by atoms with E-state index in [2.05, 4.69) is 0 Å². The van der Waals surface area contributed by atoms with Crippen molar-refractivity contribution in [1.82, 2.24) is 0 Å². The Labute approximate surface area is 107 Å². The first-order valence-electron chi connectivity index (χ1n) is 6.13. The standard InChI is InChI=1S/C14H20O4/c1-9-11-5-14(7-16-3,8-17-4)6-12(11)10(2)18-13(9)15/h5-8H2,1-4H3. The average molecular weight is 252 g/mol. The van der Waals surface area contributed by atoms with E-state index in [0.717, 1.165) is 35.3 Å². The third-order valence-corrected chi connectivity index (χ3v) is 3.80. The third-order valence-electron chi connectivity index (χ3n) is 3.80. The molecule has 0 radical (unpaired) electrons. The zero-order valence-corrected chi connectivity index (χ0v) is 11.5. The monoisotopic (exact) mass is 252 g/mol. The van der Waals surface area contributed by atoms with Crippen molar-refractivity contribution in [3.05, 3.63) is 32.9 Å². The molecule has 0 N–H and O–H groups in total. The van der Waals surface area contributed by atoms with E-state index in [1.54, 1.807) is 14.2 Å². The van der Waals surface area contributed by atoms with Gasteiger partial charge in [-0.15, -0.1) is 0 Å². The number of hydrogen-bond acceptors (Lipinski definition) is 4. The number of fused-ring (bicyclic) bond motifs is 1. The van der Waals surface area contributed by atoms with Gasteiger partial charge in [0.05, 0.1) is 13.2 Å². The molecule has 4 heteroatoms. The first-order chi connectivity index (χ1) is 8.53. The third kappa shape index (κ3) is 2.10. The van der Waals surface area contributed by atoms with Gasteiger partial charge in [0.25, 0.3) is 0 Å². The Morgan fingerprint density at radius 1 is 1.11 bits per heavy atom. The lowest BCUT2D eigenvalue weighted by molar-refractivity contribution is 0.0166. The molecule has 0 fully saturated rings. The predicted octanol–water partition coefficient (Wildman–Crippen LogP) is 1.63. The number of rotatable bonds is 4. The van der Waals surface area contributed by atoms with Crippen LogP contribution < -0.4 is 5.63 Å². The van der Waals surface area contributed by atoms with E-state index < -0.39 is 0 Å². The summed E-state index contributed by atoms with van der Waals surface area (Å²) in [4.78, 5) is 11.7. The summed E-state index contributed by atoms with van der Waals surface area (Å²) >= 11 is 0. The highest BCUT2D eigenvalue weighted by Crippen LogP contribution is 2.39. The van der Waals surface area contributed by atoms with Crippen molar-refractivity contribution in [2.45, 2.75) is 26.7 Å². The molecule has 0 saturated heterocycles. The molecule has 0 saturated carbocycles. The van der Waals surface area contributed by atoms with Crippen LogP contribution in [0.15, 0.2) is 9.21 Å². The lowest BCUT2D eigenvalue weighted by atomic mass is 9.86. The summed E-state index contributed by atoms with van der Waals surface area (Å²) in [5.41, 5.74) is 2.71. The van der Waals surface area contributed by atoms with E-state index in [4.69, 9.17) is 13.9 Å². The Morgan fingerprint density at radius 3 is 2.22 bits per heavy atom. The van der Waals surface area contributed by atoms with E-state index in [1.807, 2.05) is 13.8 Å². The Balaban J connectivity index is 2.44. The van der Waals surface area contributed by atoms with Crippen molar-refractivity contribution < 1.29 is 13.9 Å². The maximum Gasteiger partial charge on any atom is 0.339 e. The number of ether oxygens (including phenoxy) is 2. The molecule has 4 nitrogen and oxygen atoms in total. The average Bonchev–Trinajstić information content (AvgIpc) is 2.68. The first-order valence-corrected chi connectivity index (χ1v) is 6.13. The summed E-state index contributed by atoms with van der Waals surface area (Å²) in [5.74, 6) is 0.731. The highest BCUT2D eigenvalue weighted by molar-refractivity contribution is 5.40. The molecule has 0 unspecified atom stereocenters. The minimum atomic E-state index is -0.225. The summed E-state index contributed by atoms with van der Waals surface area (Å²) in [6.45, 7) is 4.94. The van der Waals surface area contributed by atoms with Gasteiger partial charge in [0.1, 0.15) is 5.76 Å². The molecule has 2 rings (SSSR count). The van der Waals surface area contributed by atoms with Crippen LogP contribution in [0.1, 0.15) is 22.5 Å². The lowest BCUT2D eigenvalue weighted by Gasteiger charge is -2.27. The van der Waals surface area contributed by atoms with Gasteiger partial charge >= 0.3 is 5.63 Å². The molecule has 0 bridgehead atoms. The van der Waals surface area contributed by atoms with Gasteiger partial charge in [0.2, 0.25) is 0 Å². The van der Waals surface area contributed by atoms with Crippen LogP contribution in [0.4, 0.5) is 0 Å². The van der Waals surface area contributed by atoms with Gasteiger partial charge in [-0.1, -0.05) is 0 Å². The highest BCUT2D eigenvalue weighted by atomic mass is 16.5. The molecular formula is C14H20O4. The van der Waals surface area contributed by atoms with E-state index in [0.29, 0.717) is 13.2 Å². The molecule has 0 atom stereocenters. The second-order valence-electron chi connectivity index (χ2n) is 5.25. The van der Waals surface area contributed by atoms with Crippen LogP contribution in [0.3, 0.4) is 0 Å². The van der Waals surface area contributed by atoms with Crippen molar-refractivity contribution in [2.75, 3.05) is 27.4 Å². The van der Waals surface area contributed by atoms with Gasteiger partial charge in [0.15, 0.2) is 0 Å². The minimum absolute atomic E-state index is 0.0648. The van der Waals surface area contributed by atoms with Crippen molar-refractivity contribution >= 4 is 0 Å². The van der Waals surface area contributed by atoms with E-state index in [1.165, 1.54) is 0 Å². The molecular weight excluding hydrogens is 232 g/mol. The Hall–Kier alpha value is -1.13. The molecule has 100 valence electrons. The van der Waals surface area contributed by atoms with Crippen molar-refractivity contribution in [1.29, 1.82) is 0 Å². The molecule has 0 spiro atoms. The van der Waals surface area contributed by atoms with Crippen molar-refractivity contribution in [2.24, 2.45) is 5.41 Å². The Kier molecular flexibility index (Phi) is 3.59. The topological polar surface area (TPSA) is 48.7 Å². The highest BCUT2D eigenvalue weighted by Gasteiger charge is 2.40. The summed E-state index contributed by atoms with van der Waals surface area (Å²) in [5, 5.41) is 0. The quantitative estimate of drug-likeness (QED) is 0.817. The van der Waals surface area contributed by atoms with Crippen LogP contribution in [-0.4, -0.2) is 27.4 Å². The molecule has 1 heterocycles. The molecule has 0 aliphatic heterocycles. The lowest BCUT2D eigenvalue weighted by Crippen LogP contribution is -2.32. The van der Waals surface area contributed by atoms with E-state index >= 15 is 0 Å². The summed E-state index contributed by atoms with van der Waals surface area (Å²) < 4.78 is 15.9. The van der Waals surface area contributed by atoms with Crippen LogP contribution in [0.2, 0.25) is 0 Å². The fourth-order valence-corrected chi connectivity index (χ4v) is 2.98. The number of aryl methyl sites for hydroxylation is 1. The number of hydrogen-bond donors (Lipinski definition) is 0. The van der Waals surface area contributed by atoms with Crippen LogP contribution in [0.25, 0.3) is 0 Å². The van der Waals surface area contributed by atoms with Crippen molar-refractivity contribution in [3.8, 4) is 0 Å². The fraction of sp³-hybridized carbons (Fsp3) is 0.643. The van der Waals surface area contributed by atoms with Gasteiger partial charge in [-0.25, -0.2) is 4.79 Å². The fourth-order valence-electron chi connectivity index (χ4n) is 2.98. The molecule has 1 aliphatic rings. The predicted molar refractivity (Wildman–Crippen MR) is 68.0 cm³/mol. The molecule has 18 heavy (non-hydrogen) atoms. The summed E-state index contributed by atoms with van der Waals surface area (Å²) in [6.07, 6.45) is 1.67. The molecule has 1 aromatic rings. The van der Waals surface area contributed by atoms with E-state index in [-0.39, 0.29) is 11.0 Å². The Morgan fingerprint density at radius 2 is 1.67 bits per heavy atom. The van der Waals surface area contributed by atoms with E-state index in [9.17, 15) is 4.79 Å². The smallest absolute Gasteiger partial charge is 0.339 e. The van der Waals surface area contributed by atoms with Gasteiger partial charge < -0.3 is 13.9 Å². The molecule has 1 aromatic heterocycles. The van der Waals surface area contributed by atoms with Gasteiger partial charge in [-0.3, -0.25) is 0 Å². The first kappa shape index (κ1) is 13.3. The molecule has 1 aliphatic carbocycles. The second-order valence-corrected chi connectivity index (χ2v) is 5.25. The van der Waals surface area contributed by atoms with Crippen LogP contribution in [0, 0.1) is 19.3 Å². The van der Waals surface area contributed by atoms with Gasteiger partial charge in [-0.05, 0) is 37.8 Å². The zero-order valence-electron chi connectivity index (χ0n) is 11.5. The van der Waals surface area contributed by atoms with Crippen LogP contribution in [-0.2, 0) is 22.3 Å². The van der Waals surface area contributed by atoms with Gasteiger partial charge in [0, 0.05) is 25.2 Å². The largest absolute Gasteiger partial charge is 0.428 e. The second kappa shape index (κ2) is 4.86. The van der Waals surface area contributed by atoms with Crippen LogP contribution in [0.5, 0.6) is 0 Å². The van der Waals surface area contributed by atoms with Crippen LogP contribution >= 0.6 is 0 Å². The normalized spacial score (nSPS) is 16.9. The molecule has 0 aromatic carbocycles. The maximum atomic E-state index is 11.7. The van der Waals surface area contributed by atoms with Gasteiger partial charge in [-0.2, -0.15) is 0 Å². The zero-order chi connectivity index (χ0) is 13.3. The maximum absolute atomic E-state index is 11.7.